The maximum atomic E-state index is 12.2. The van der Waals surface area contributed by atoms with Crippen molar-refractivity contribution in [3.05, 3.63) is 60.3 Å². The van der Waals surface area contributed by atoms with E-state index in [1.165, 1.54) is 6.07 Å². The van der Waals surface area contributed by atoms with Gasteiger partial charge in [0, 0.05) is 41.5 Å². The Morgan fingerprint density at radius 2 is 2.00 bits per heavy atom. The number of aromatic hydroxyl groups is 1. The van der Waals surface area contributed by atoms with Crippen molar-refractivity contribution >= 4 is 22.5 Å². The molecule has 2 N–H and O–H groups in total. The Morgan fingerprint density at radius 1 is 1.15 bits per heavy atom. The first-order chi connectivity index (χ1) is 9.63. The monoisotopic (exact) mass is 266 g/mol. The average Bonchev–Trinajstić information content (AvgIpc) is 2.80. The summed E-state index contributed by atoms with van der Waals surface area (Å²) in [6, 6.07) is 14.0. The Balaban J connectivity index is 1.88. The maximum absolute atomic E-state index is 12.2. The smallest absolute Gasteiger partial charge is 0.255 e. The van der Waals surface area contributed by atoms with Gasteiger partial charge < -0.3 is 15.0 Å². The van der Waals surface area contributed by atoms with E-state index in [0.717, 1.165) is 10.9 Å². The molecule has 4 nitrogen and oxygen atoms in total. The van der Waals surface area contributed by atoms with Crippen LogP contribution in [0, 0.1) is 0 Å². The SMILES string of the molecule is Cn1ccc2cc(C(=O)Nc3cccc(O)c3)ccc21. The van der Waals surface area contributed by atoms with Gasteiger partial charge in [0.25, 0.3) is 5.91 Å². The number of hydrogen-bond donors (Lipinski definition) is 2. The topological polar surface area (TPSA) is 54.3 Å². The van der Waals surface area contributed by atoms with Gasteiger partial charge in [0.05, 0.1) is 0 Å². The van der Waals surface area contributed by atoms with Crippen molar-refractivity contribution < 1.29 is 9.90 Å². The predicted octanol–water partition coefficient (Wildman–Crippen LogP) is 3.14. The maximum Gasteiger partial charge on any atom is 0.255 e. The van der Waals surface area contributed by atoms with Gasteiger partial charge in [-0.1, -0.05) is 6.07 Å². The van der Waals surface area contributed by atoms with Crippen molar-refractivity contribution in [2.75, 3.05) is 5.32 Å². The van der Waals surface area contributed by atoms with Crippen LogP contribution >= 0.6 is 0 Å². The zero-order valence-electron chi connectivity index (χ0n) is 11.0. The molecule has 0 spiro atoms. The number of phenols is 1. The zero-order valence-corrected chi connectivity index (χ0v) is 11.0. The molecule has 0 radical (unpaired) electrons. The number of nitrogens with zero attached hydrogens (tertiary/aromatic N) is 1. The molecule has 0 saturated carbocycles. The molecule has 4 heteroatoms. The second-order valence-corrected chi connectivity index (χ2v) is 4.70. The number of rotatable bonds is 2. The predicted molar refractivity (Wildman–Crippen MR) is 79.0 cm³/mol. The molecular weight excluding hydrogens is 252 g/mol. The summed E-state index contributed by atoms with van der Waals surface area (Å²) < 4.78 is 2.01. The van der Waals surface area contributed by atoms with E-state index in [-0.39, 0.29) is 11.7 Å². The molecule has 0 aliphatic heterocycles. The normalized spacial score (nSPS) is 10.7. The highest BCUT2D eigenvalue weighted by Crippen LogP contribution is 2.19. The summed E-state index contributed by atoms with van der Waals surface area (Å²) in [6.45, 7) is 0. The number of benzene rings is 2. The number of fused-ring (bicyclic) bond motifs is 1. The number of carbonyl (C=O) groups is 1. The lowest BCUT2D eigenvalue weighted by molar-refractivity contribution is 0.102. The molecule has 0 aliphatic carbocycles. The van der Waals surface area contributed by atoms with Crippen LogP contribution in [0.1, 0.15) is 10.4 Å². The molecule has 0 unspecified atom stereocenters. The summed E-state index contributed by atoms with van der Waals surface area (Å²) in [5, 5.41) is 13.2. The van der Waals surface area contributed by atoms with Gasteiger partial charge in [-0.15, -0.1) is 0 Å². The Hall–Kier alpha value is -2.75. The molecule has 0 fully saturated rings. The third-order valence-corrected chi connectivity index (χ3v) is 3.25. The van der Waals surface area contributed by atoms with Crippen LogP contribution in [-0.4, -0.2) is 15.6 Å². The van der Waals surface area contributed by atoms with E-state index in [9.17, 15) is 9.90 Å². The standard InChI is InChI=1S/C16H14N2O2/c1-18-8-7-11-9-12(5-6-15(11)18)16(20)17-13-3-2-4-14(19)10-13/h2-10,19H,1H3,(H,17,20). The molecule has 20 heavy (non-hydrogen) atoms. The van der Waals surface area contributed by atoms with Crippen molar-refractivity contribution in [3.63, 3.8) is 0 Å². The summed E-state index contributed by atoms with van der Waals surface area (Å²) in [5.41, 5.74) is 2.24. The van der Waals surface area contributed by atoms with Crippen molar-refractivity contribution in [2.45, 2.75) is 0 Å². The molecule has 3 aromatic rings. The summed E-state index contributed by atoms with van der Waals surface area (Å²) in [7, 11) is 1.97. The minimum Gasteiger partial charge on any atom is -0.508 e. The van der Waals surface area contributed by atoms with Crippen LogP contribution in [-0.2, 0) is 7.05 Å². The number of phenolic OH excluding ortho intramolecular Hbond substituents is 1. The lowest BCUT2D eigenvalue weighted by atomic mass is 10.1. The van der Waals surface area contributed by atoms with E-state index in [1.807, 2.05) is 36.0 Å². The molecular formula is C16H14N2O2. The third-order valence-electron chi connectivity index (χ3n) is 3.25. The van der Waals surface area contributed by atoms with E-state index < -0.39 is 0 Å². The number of hydrogen-bond acceptors (Lipinski definition) is 2. The van der Waals surface area contributed by atoms with Crippen LogP contribution in [0.2, 0.25) is 0 Å². The van der Waals surface area contributed by atoms with Crippen LogP contribution in [0.25, 0.3) is 10.9 Å². The number of aryl methyl sites for hydroxylation is 1. The number of nitrogens with one attached hydrogen (secondary N) is 1. The molecule has 0 aliphatic rings. The largest absolute Gasteiger partial charge is 0.508 e. The van der Waals surface area contributed by atoms with E-state index in [2.05, 4.69) is 5.32 Å². The molecule has 0 bridgehead atoms. The van der Waals surface area contributed by atoms with Gasteiger partial charge in [-0.05, 0) is 36.4 Å². The second-order valence-electron chi connectivity index (χ2n) is 4.70. The van der Waals surface area contributed by atoms with Crippen LogP contribution < -0.4 is 5.32 Å². The highest BCUT2D eigenvalue weighted by molar-refractivity contribution is 6.06. The van der Waals surface area contributed by atoms with E-state index in [4.69, 9.17) is 0 Å². The molecule has 2 aromatic carbocycles. The fourth-order valence-electron chi connectivity index (χ4n) is 2.21. The quantitative estimate of drug-likeness (QED) is 0.748. The lowest BCUT2D eigenvalue weighted by Gasteiger charge is -2.06. The molecule has 100 valence electrons. The van der Waals surface area contributed by atoms with Crippen molar-refractivity contribution in [1.82, 2.24) is 4.57 Å². The minimum atomic E-state index is -0.193. The number of aromatic nitrogens is 1. The highest BCUT2D eigenvalue weighted by Gasteiger charge is 2.08. The Labute approximate surface area is 116 Å². The fraction of sp³-hybridized carbons (Fsp3) is 0.0625. The van der Waals surface area contributed by atoms with Gasteiger partial charge in [-0.2, -0.15) is 0 Å². The molecule has 1 aromatic heterocycles. The average molecular weight is 266 g/mol. The van der Waals surface area contributed by atoms with Gasteiger partial charge in [0.2, 0.25) is 0 Å². The number of anilines is 1. The first-order valence-electron chi connectivity index (χ1n) is 6.29. The summed E-state index contributed by atoms with van der Waals surface area (Å²) >= 11 is 0. The van der Waals surface area contributed by atoms with Crippen LogP contribution in [0.4, 0.5) is 5.69 Å². The van der Waals surface area contributed by atoms with E-state index in [1.54, 1.807) is 24.3 Å². The summed E-state index contributed by atoms with van der Waals surface area (Å²) in [4.78, 5) is 12.2. The van der Waals surface area contributed by atoms with Crippen LogP contribution in [0.5, 0.6) is 5.75 Å². The summed E-state index contributed by atoms with van der Waals surface area (Å²) in [5.74, 6) is -0.0670. The third kappa shape index (κ3) is 2.23. The Kier molecular flexibility index (Phi) is 2.91. The lowest BCUT2D eigenvalue weighted by Crippen LogP contribution is -2.11. The molecule has 3 rings (SSSR count). The fourth-order valence-corrected chi connectivity index (χ4v) is 2.21. The van der Waals surface area contributed by atoms with E-state index >= 15 is 0 Å². The molecule has 0 saturated heterocycles. The number of carbonyl (C=O) groups excluding carboxylic acids is 1. The molecule has 0 atom stereocenters. The minimum absolute atomic E-state index is 0.126. The second kappa shape index (κ2) is 4.74. The van der Waals surface area contributed by atoms with E-state index in [0.29, 0.717) is 11.3 Å². The van der Waals surface area contributed by atoms with Crippen molar-refractivity contribution in [1.29, 1.82) is 0 Å². The molecule has 1 heterocycles. The van der Waals surface area contributed by atoms with Gasteiger partial charge >= 0.3 is 0 Å². The van der Waals surface area contributed by atoms with Gasteiger partial charge in [-0.25, -0.2) is 0 Å². The summed E-state index contributed by atoms with van der Waals surface area (Å²) in [6.07, 6.45) is 1.96. The highest BCUT2D eigenvalue weighted by atomic mass is 16.3. The van der Waals surface area contributed by atoms with Gasteiger partial charge in [0.1, 0.15) is 5.75 Å². The van der Waals surface area contributed by atoms with Crippen molar-refractivity contribution in [2.24, 2.45) is 7.05 Å². The first kappa shape index (κ1) is 12.3. The van der Waals surface area contributed by atoms with Crippen LogP contribution in [0.3, 0.4) is 0 Å². The first-order valence-corrected chi connectivity index (χ1v) is 6.29. The molecule has 1 amide bonds. The van der Waals surface area contributed by atoms with Crippen LogP contribution in [0.15, 0.2) is 54.7 Å². The Morgan fingerprint density at radius 3 is 2.80 bits per heavy atom. The zero-order chi connectivity index (χ0) is 14.1. The Bertz CT molecular complexity index is 790. The van der Waals surface area contributed by atoms with Gasteiger partial charge in [-0.3, -0.25) is 4.79 Å². The number of amides is 1. The van der Waals surface area contributed by atoms with Gasteiger partial charge in [0.15, 0.2) is 0 Å². The van der Waals surface area contributed by atoms with Crippen molar-refractivity contribution in [3.8, 4) is 5.75 Å².